The summed E-state index contributed by atoms with van der Waals surface area (Å²) in [6.07, 6.45) is -3.79. The molecule has 0 aromatic carbocycles. The zero-order valence-electron chi connectivity index (χ0n) is 23.6. The van der Waals surface area contributed by atoms with Gasteiger partial charge in [-0.3, -0.25) is 18.8 Å². The van der Waals surface area contributed by atoms with Crippen LogP contribution in [0.5, 0.6) is 0 Å². The molecular weight excluding hydrogens is 672 g/mol. The molecule has 2 saturated carbocycles. The number of anilines is 2. The number of fused-ring (bicyclic) bond motifs is 4. The monoisotopic (exact) mass is 698 g/mol. The van der Waals surface area contributed by atoms with Gasteiger partial charge in [0.15, 0.2) is 23.1 Å². The lowest BCUT2D eigenvalue weighted by atomic mass is 10.0. The van der Waals surface area contributed by atoms with Crippen LogP contribution in [0, 0.1) is 11.3 Å². The molecule has 23 heteroatoms. The summed E-state index contributed by atoms with van der Waals surface area (Å²) in [4.78, 5) is 42.8. The van der Waals surface area contributed by atoms with Crippen molar-refractivity contribution in [2.75, 3.05) is 31.8 Å². The van der Waals surface area contributed by atoms with E-state index in [9.17, 15) is 23.9 Å². The summed E-state index contributed by atoms with van der Waals surface area (Å²) in [6.45, 7) is -0.772. The molecule has 6 heterocycles. The summed E-state index contributed by atoms with van der Waals surface area (Å²) in [7, 11) is -6.42. The Morgan fingerprint density at radius 2 is 2.09 bits per heavy atom. The third-order valence-electron chi connectivity index (χ3n) is 9.04. The maximum atomic E-state index is 13.6. The van der Waals surface area contributed by atoms with Gasteiger partial charge >= 0.3 is 16.1 Å². The van der Waals surface area contributed by atoms with E-state index in [1.54, 1.807) is 4.57 Å². The van der Waals surface area contributed by atoms with Crippen LogP contribution in [-0.2, 0) is 36.7 Å². The molecule has 7 N–H and O–H groups in total. The number of H-pyrrole nitrogens is 1. The Labute approximate surface area is 262 Å². The van der Waals surface area contributed by atoms with E-state index in [1.165, 1.54) is 19.8 Å². The molecule has 20 nitrogen and oxygen atoms in total. The third kappa shape index (κ3) is 4.61. The smallest absolute Gasteiger partial charge is 0.388 e. The quantitative estimate of drug-likeness (QED) is 0.180. The molecule has 2 bridgehead atoms. The maximum absolute atomic E-state index is 13.6. The van der Waals surface area contributed by atoms with E-state index in [4.69, 9.17) is 39.0 Å². The number of hydrogen-bond donors (Lipinski definition) is 5. The number of rotatable bonds is 3. The molecule has 1 spiro atoms. The molecule has 2 unspecified atom stereocenters. The predicted molar refractivity (Wildman–Crippen MR) is 155 cm³/mol. The number of aliphatic hydroxyl groups excluding tert-OH is 1. The van der Waals surface area contributed by atoms with Crippen LogP contribution in [-0.4, -0.2) is 94.7 Å². The molecular formula is C23H26N9O11P2S+. The number of phosphoric acid groups is 1. The number of nitrogen functional groups attached to an aromatic ring is 2. The first-order valence-corrected chi connectivity index (χ1v) is 17.2. The molecule has 4 aromatic rings. The first kappa shape index (κ1) is 30.3. The summed E-state index contributed by atoms with van der Waals surface area (Å²) < 4.78 is 67.0. The van der Waals surface area contributed by atoms with Crippen LogP contribution in [0.3, 0.4) is 0 Å². The fourth-order valence-electron chi connectivity index (χ4n) is 6.94. The maximum Gasteiger partial charge on any atom is 0.697 e. The highest BCUT2D eigenvalue weighted by molar-refractivity contribution is 7.47. The van der Waals surface area contributed by atoms with Crippen LogP contribution in [0.1, 0.15) is 23.4 Å². The Morgan fingerprint density at radius 1 is 1.26 bits per heavy atom. The highest BCUT2D eigenvalue weighted by Crippen LogP contribution is 2.71. The minimum absolute atomic E-state index is 0.0152. The number of nitrogens with two attached hydrogens (primary N) is 2. The number of aliphatic hydroxyl groups is 1. The van der Waals surface area contributed by atoms with Crippen molar-refractivity contribution in [3.05, 3.63) is 27.9 Å². The lowest BCUT2D eigenvalue weighted by Crippen LogP contribution is -2.37. The number of aromatic amines is 1. The minimum Gasteiger partial charge on any atom is -0.388 e. The predicted octanol–water partition coefficient (Wildman–Crippen LogP) is 0.336. The largest absolute Gasteiger partial charge is 0.697 e. The second kappa shape index (κ2) is 10.7. The summed E-state index contributed by atoms with van der Waals surface area (Å²) in [5.74, 6) is -0.387. The number of phosphoric ester groups is 1. The number of hydrogen-bond acceptors (Lipinski definition) is 18. The van der Waals surface area contributed by atoms with E-state index in [1.807, 2.05) is 0 Å². The van der Waals surface area contributed by atoms with Gasteiger partial charge in [0.1, 0.15) is 54.5 Å². The standard InChI is InChI=1S/C23H25N9O11P2S/c1-38-14-8-3-39-44(35)42-18-13(33)12(32-6-28-11-19(24)26-5-27-20(11)32)7-2-23(7,18)4-40-45(36,37)43-15(14)16(41-8)17-9-10(31-46-17)21(34)30-22(25)29-9/h5-8,12-16,18,33H,2-4H2,1H3,(H5-,24,25,26,27,29,30,34,36,37)/p+1/t7-,8-,12-,13+,14-,15-,16-,18+,23+/m1/s1. The molecule has 4 aromatic heterocycles. The molecule has 244 valence electrons. The van der Waals surface area contributed by atoms with Gasteiger partial charge in [-0.2, -0.15) is 4.37 Å². The lowest BCUT2D eigenvalue weighted by Gasteiger charge is -2.26. The molecule has 0 radical (unpaired) electrons. The Balaban J connectivity index is 1.13. The fraction of sp³-hybridized carbons (Fsp3) is 0.565. The number of methoxy groups -OCH3 is 1. The molecule has 8 rings (SSSR count). The van der Waals surface area contributed by atoms with Crippen molar-refractivity contribution in [3.8, 4) is 0 Å². The number of nitrogens with one attached hydrogen (secondary N) is 1. The van der Waals surface area contributed by atoms with Gasteiger partial charge in [0.2, 0.25) is 5.95 Å². The summed E-state index contributed by atoms with van der Waals surface area (Å²) in [5, 5.41) is 11.5. The van der Waals surface area contributed by atoms with Crippen molar-refractivity contribution in [1.82, 2.24) is 33.9 Å². The van der Waals surface area contributed by atoms with Crippen LogP contribution < -0.4 is 17.0 Å². The van der Waals surface area contributed by atoms with Gasteiger partial charge in [0.05, 0.1) is 23.9 Å². The van der Waals surface area contributed by atoms with E-state index in [0.717, 1.165) is 11.5 Å². The van der Waals surface area contributed by atoms with Crippen molar-refractivity contribution in [2.45, 2.75) is 49.1 Å². The van der Waals surface area contributed by atoms with Crippen LogP contribution in [0.15, 0.2) is 17.4 Å². The lowest BCUT2D eigenvalue weighted by molar-refractivity contribution is -0.0404. The zero-order valence-corrected chi connectivity index (χ0v) is 26.2. The third-order valence-corrected chi connectivity index (χ3v) is 11.7. The molecule has 4 fully saturated rings. The first-order chi connectivity index (χ1) is 22.0. The Kier molecular flexibility index (Phi) is 7.06. The molecule has 2 aliphatic heterocycles. The van der Waals surface area contributed by atoms with Gasteiger partial charge in [-0.25, -0.2) is 24.5 Å². The molecule has 0 amide bonds. The Morgan fingerprint density at radius 3 is 2.89 bits per heavy atom. The average Bonchev–Trinajstić information content (AvgIpc) is 3.31. The van der Waals surface area contributed by atoms with Crippen LogP contribution >= 0.6 is 27.6 Å². The van der Waals surface area contributed by atoms with E-state index < -0.39 is 76.3 Å². The minimum atomic E-state index is -4.89. The van der Waals surface area contributed by atoms with E-state index in [0.29, 0.717) is 17.6 Å². The van der Waals surface area contributed by atoms with E-state index in [-0.39, 0.29) is 40.2 Å². The van der Waals surface area contributed by atoms with E-state index >= 15 is 0 Å². The molecule has 11 atom stereocenters. The van der Waals surface area contributed by atoms with Crippen molar-refractivity contribution in [2.24, 2.45) is 11.3 Å². The number of aromatic nitrogens is 7. The zero-order chi connectivity index (χ0) is 32.1. The SMILES string of the molecule is CO[C@H]1[C@H]2OP(=O)(O)OC[C@@]34C[C@@H]3[C@@H](n3cnc5c(N)ncnc53)[C@H](O)[C@@H]4O[P+](=O)OC[C@H]1O[C@H]2c1snc2c(=O)[nH]c(N)nc12. The Hall–Kier alpha value is -3.07. The van der Waals surface area contributed by atoms with Gasteiger partial charge in [-0.1, -0.05) is 0 Å². The summed E-state index contributed by atoms with van der Waals surface area (Å²) in [5.41, 5.74) is 10.9. The normalized spacial score (nSPS) is 38.6. The number of imidazole rings is 1. The van der Waals surface area contributed by atoms with Crippen molar-refractivity contribution < 1.29 is 46.7 Å². The highest BCUT2D eigenvalue weighted by atomic mass is 32.1. The summed E-state index contributed by atoms with van der Waals surface area (Å²) >= 11 is 0.864. The van der Waals surface area contributed by atoms with Crippen LogP contribution in [0.25, 0.3) is 22.2 Å². The van der Waals surface area contributed by atoms with Gasteiger partial charge < -0.3 is 35.5 Å². The van der Waals surface area contributed by atoms with Gasteiger partial charge in [-0.05, 0) is 23.9 Å². The van der Waals surface area contributed by atoms with Crippen molar-refractivity contribution in [1.29, 1.82) is 0 Å². The first-order valence-electron chi connectivity index (χ1n) is 13.9. The van der Waals surface area contributed by atoms with E-state index in [2.05, 4.69) is 29.3 Å². The van der Waals surface area contributed by atoms with Crippen LogP contribution in [0.4, 0.5) is 11.8 Å². The molecule has 4 aliphatic rings. The summed E-state index contributed by atoms with van der Waals surface area (Å²) in [6, 6.07) is -0.687. The second-order valence-corrected chi connectivity index (χ2v) is 14.6. The van der Waals surface area contributed by atoms with Gasteiger partial charge in [0, 0.05) is 17.1 Å². The highest BCUT2D eigenvalue weighted by Gasteiger charge is 2.75. The Bertz CT molecular complexity index is 1990. The van der Waals surface area contributed by atoms with Crippen LogP contribution in [0.2, 0.25) is 0 Å². The number of ether oxygens (including phenoxy) is 2. The topological polar surface area (TPSA) is 284 Å². The molecule has 46 heavy (non-hydrogen) atoms. The average molecular weight is 699 g/mol. The van der Waals surface area contributed by atoms with Crippen molar-refractivity contribution >= 4 is 61.6 Å². The van der Waals surface area contributed by atoms with Crippen molar-refractivity contribution in [3.63, 3.8) is 0 Å². The van der Waals surface area contributed by atoms with Gasteiger partial charge in [-0.15, -0.1) is 9.05 Å². The van der Waals surface area contributed by atoms with Gasteiger partial charge in [0.25, 0.3) is 5.56 Å². The molecule has 2 saturated heterocycles. The second-order valence-electron chi connectivity index (χ2n) is 11.5. The fourth-order valence-corrected chi connectivity index (χ4v) is 9.67. The molecule has 2 aliphatic carbocycles. The number of nitrogens with zero attached hydrogens (tertiary/aromatic N) is 6.